The number of methoxy groups -OCH3 is 1. The van der Waals surface area contributed by atoms with E-state index in [1.54, 1.807) is 41.5 Å². The molecular formula is C37H46F4N4O8S. The van der Waals surface area contributed by atoms with Crippen molar-refractivity contribution < 1.29 is 55.8 Å². The van der Waals surface area contributed by atoms with E-state index in [0.29, 0.717) is 0 Å². The summed E-state index contributed by atoms with van der Waals surface area (Å²) in [5.74, 6) is -1.44. The van der Waals surface area contributed by atoms with Crippen molar-refractivity contribution in [1.29, 1.82) is 0 Å². The lowest BCUT2D eigenvalue weighted by Gasteiger charge is -2.33. The second-order valence-electron chi connectivity index (χ2n) is 15.2. The van der Waals surface area contributed by atoms with Gasteiger partial charge in [0.2, 0.25) is 5.60 Å². The third-order valence-electron chi connectivity index (χ3n) is 8.24. The van der Waals surface area contributed by atoms with Crippen molar-refractivity contribution in [3.63, 3.8) is 0 Å². The Labute approximate surface area is 313 Å². The van der Waals surface area contributed by atoms with Crippen LogP contribution in [-0.2, 0) is 26.9 Å². The first kappa shape index (κ1) is 42.4. The third-order valence-corrected chi connectivity index (χ3v) is 9.99. The number of alkyl halides is 3. The molecule has 1 aromatic heterocycles. The van der Waals surface area contributed by atoms with Crippen molar-refractivity contribution in [2.45, 2.75) is 89.2 Å². The average molecular weight is 783 g/mol. The zero-order valence-electron chi connectivity index (χ0n) is 31.5. The minimum atomic E-state index is -5.44. The molecule has 4 atom stereocenters. The number of anilines is 1. The van der Waals surface area contributed by atoms with Gasteiger partial charge >= 0.3 is 12.3 Å². The van der Waals surface area contributed by atoms with E-state index in [9.17, 15) is 28.4 Å². The lowest BCUT2D eigenvalue weighted by molar-refractivity contribution is -0.265. The molecule has 1 aliphatic heterocycles. The number of fused-ring (bicyclic) bond motifs is 1. The summed E-state index contributed by atoms with van der Waals surface area (Å²) in [6.07, 6.45) is -7.15. The topological polar surface area (TPSA) is 160 Å². The highest BCUT2D eigenvalue weighted by Crippen LogP contribution is 2.49. The number of nitrogens with one attached hydrogen (secondary N) is 2. The number of nitrogens with zero attached hydrogens (tertiary/aromatic N) is 2. The van der Waals surface area contributed by atoms with Crippen LogP contribution in [0.2, 0.25) is 0 Å². The molecule has 0 fully saturated rings. The summed E-state index contributed by atoms with van der Waals surface area (Å²) in [6, 6.07) is 9.40. The van der Waals surface area contributed by atoms with Crippen molar-refractivity contribution in [3.05, 3.63) is 71.2 Å². The van der Waals surface area contributed by atoms with Gasteiger partial charge in [-0.05, 0) is 104 Å². The molecule has 1 unspecified atom stereocenters. The number of benzene rings is 2. The van der Waals surface area contributed by atoms with E-state index in [1.807, 2.05) is 0 Å². The average Bonchev–Trinajstić information content (AvgIpc) is 3.36. The summed E-state index contributed by atoms with van der Waals surface area (Å²) < 4.78 is 91.6. The zero-order valence-corrected chi connectivity index (χ0v) is 32.3. The number of aliphatic hydroxyl groups is 2. The van der Waals surface area contributed by atoms with Crippen molar-refractivity contribution in [2.24, 2.45) is 0 Å². The van der Waals surface area contributed by atoms with Crippen LogP contribution in [0.1, 0.15) is 77.0 Å². The van der Waals surface area contributed by atoms with Crippen molar-refractivity contribution >= 4 is 28.7 Å². The molecule has 17 heteroatoms. The molecule has 0 saturated heterocycles. The molecule has 0 aliphatic carbocycles. The number of aliphatic hydroxyl groups excluding tert-OH is 1. The molecule has 2 amide bonds. The number of rotatable bonds is 11. The van der Waals surface area contributed by atoms with Crippen LogP contribution in [0, 0.1) is 5.82 Å². The predicted octanol–water partition coefficient (Wildman–Crippen LogP) is 5.86. The Kier molecular flexibility index (Phi) is 12.1. The van der Waals surface area contributed by atoms with Crippen LogP contribution < -0.4 is 24.4 Å². The fraction of sp³-hybridized carbons (Fsp3) is 0.486. The normalized spacial score (nSPS) is 18.3. The van der Waals surface area contributed by atoms with Crippen LogP contribution in [0.3, 0.4) is 0 Å². The first-order chi connectivity index (χ1) is 24.8. The van der Waals surface area contributed by atoms with Crippen molar-refractivity contribution in [3.8, 4) is 22.8 Å². The Balaban J connectivity index is 1.90. The number of halogens is 4. The number of hydrogen-bond donors (Lipinski definition) is 4. The van der Waals surface area contributed by atoms with Crippen LogP contribution in [0.25, 0.3) is 11.3 Å². The summed E-state index contributed by atoms with van der Waals surface area (Å²) in [5, 5.41) is 23.3. The summed E-state index contributed by atoms with van der Waals surface area (Å²) in [4.78, 5) is 32.4. The minimum Gasteiger partial charge on any atom is -0.493 e. The first-order valence-corrected chi connectivity index (χ1v) is 18.0. The van der Waals surface area contributed by atoms with Gasteiger partial charge in [-0.25, -0.2) is 23.1 Å². The number of ether oxygens (including phenoxy) is 3. The van der Waals surface area contributed by atoms with E-state index >= 15 is 13.2 Å². The van der Waals surface area contributed by atoms with Gasteiger partial charge in [-0.1, -0.05) is 0 Å². The SMILES string of the molecule is COc1cc(C(=O)NC[C@@](O)(c2cc3c(c(-c4ccc(F)cc4)n2)N(C(=O)OC(C)(C)C)C[C@@]3(C)NS(=O)C(C)(C)C)C(F)(F)F)ccc1OC[C@@H](C)O. The van der Waals surface area contributed by atoms with Gasteiger partial charge in [-0.2, -0.15) is 13.2 Å². The number of amides is 2. The lowest BCUT2D eigenvalue weighted by Crippen LogP contribution is -2.52. The Morgan fingerprint density at radius 2 is 1.67 bits per heavy atom. The Morgan fingerprint density at radius 3 is 2.20 bits per heavy atom. The second kappa shape index (κ2) is 15.4. The van der Waals surface area contributed by atoms with E-state index < -0.39 is 74.8 Å². The van der Waals surface area contributed by atoms with Gasteiger partial charge in [0.15, 0.2) is 11.5 Å². The highest BCUT2D eigenvalue weighted by Gasteiger charge is 2.58. The first-order valence-electron chi connectivity index (χ1n) is 16.9. The number of pyridine rings is 1. The molecular weight excluding hydrogens is 736 g/mol. The smallest absolute Gasteiger partial charge is 0.424 e. The van der Waals surface area contributed by atoms with Crippen molar-refractivity contribution in [1.82, 2.24) is 15.0 Å². The summed E-state index contributed by atoms with van der Waals surface area (Å²) in [5.41, 5.74) is -7.61. The molecule has 1 aliphatic rings. The van der Waals surface area contributed by atoms with Gasteiger partial charge in [0.05, 0.1) is 64.7 Å². The quantitative estimate of drug-likeness (QED) is 0.175. The molecule has 0 bridgehead atoms. The van der Waals surface area contributed by atoms with E-state index in [-0.39, 0.29) is 52.7 Å². The maximum absolute atomic E-state index is 15.2. The number of hydrogen-bond acceptors (Lipinski definition) is 9. The van der Waals surface area contributed by atoms with E-state index in [2.05, 4.69) is 15.0 Å². The number of aromatic nitrogens is 1. The molecule has 2 aromatic carbocycles. The minimum absolute atomic E-state index is 0.00167. The van der Waals surface area contributed by atoms with Crippen LogP contribution in [0.4, 0.5) is 28.0 Å². The third kappa shape index (κ3) is 9.30. The standard InChI is InChI=1S/C37H46F4N4O8S/c1-21(46)18-52-26-15-12-23(16-27(26)51-9)31(47)42-19-36(49,37(39,40)41)28-17-25-30(29(43-28)22-10-13-24(38)14-11-22)45(32(48)53-33(2,3)4)20-35(25,8)44-54(50)34(5,6)7/h10-17,21,44,46,49H,18-20H2,1-9H3,(H,42,47)/t21-,35-,36-,54?/m1/s1. The Hall–Kier alpha value is -4.32. The van der Waals surface area contributed by atoms with Gasteiger partial charge in [-0.15, -0.1) is 0 Å². The van der Waals surface area contributed by atoms with Crippen LogP contribution in [-0.4, -0.2) is 80.8 Å². The Bertz CT molecular complexity index is 1900. The molecule has 2 heterocycles. The highest BCUT2D eigenvalue weighted by molar-refractivity contribution is 7.84. The van der Waals surface area contributed by atoms with E-state index in [4.69, 9.17) is 14.2 Å². The highest BCUT2D eigenvalue weighted by atomic mass is 32.2. The van der Waals surface area contributed by atoms with E-state index in [1.165, 1.54) is 51.3 Å². The zero-order chi connectivity index (χ0) is 40.6. The predicted molar refractivity (Wildman–Crippen MR) is 194 cm³/mol. The molecule has 0 saturated carbocycles. The van der Waals surface area contributed by atoms with Gasteiger partial charge in [0, 0.05) is 16.7 Å². The number of carbonyl (C=O) groups is 2. The summed E-state index contributed by atoms with van der Waals surface area (Å²) in [7, 11) is -0.543. The van der Waals surface area contributed by atoms with Crippen LogP contribution in [0.15, 0.2) is 48.5 Å². The number of carbonyl (C=O) groups excluding carboxylic acids is 2. The molecule has 0 radical (unpaired) electrons. The molecule has 54 heavy (non-hydrogen) atoms. The molecule has 4 N–H and O–H groups in total. The summed E-state index contributed by atoms with van der Waals surface area (Å²) >= 11 is 0. The maximum atomic E-state index is 15.2. The van der Waals surface area contributed by atoms with Crippen molar-refractivity contribution in [2.75, 3.05) is 31.7 Å². The molecule has 296 valence electrons. The molecule has 3 aromatic rings. The monoisotopic (exact) mass is 782 g/mol. The van der Waals surface area contributed by atoms with E-state index in [0.717, 1.165) is 23.1 Å². The molecule has 4 rings (SSSR count). The van der Waals surface area contributed by atoms with Gasteiger partial charge < -0.3 is 29.7 Å². The van der Waals surface area contributed by atoms with Crippen LogP contribution in [0.5, 0.6) is 11.5 Å². The molecule has 12 nitrogen and oxygen atoms in total. The maximum Gasteiger partial charge on any atom is 0.424 e. The fourth-order valence-electron chi connectivity index (χ4n) is 5.44. The Morgan fingerprint density at radius 1 is 1.04 bits per heavy atom. The lowest BCUT2D eigenvalue weighted by atomic mass is 9.89. The molecule has 0 spiro atoms. The van der Waals surface area contributed by atoms with Gasteiger partial charge in [0.25, 0.3) is 5.91 Å². The summed E-state index contributed by atoms with van der Waals surface area (Å²) in [6.45, 7) is 11.2. The van der Waals surface area contributed by atoms with Gasteiger partial charge in [0.1, 0.15) is 18.0 Å². The largest absolute Gasteiger partial charge is 0.493 e. The fourth-order valence-corrected chi connectivity index (χ4v) is 6.33. The van der Waals surface area contributed by atoms with Crippen LogP contribution >= 0.6 is 0 Å². The van der Waals surface area contributed by atoms with Gasteiger partial charge in [-0.3, -0.25) is 9.69 Å². The second-order valence-corrected chi connectivity index (χ2v) is 17.2.